The number of para-hydroxylation sites is 1. The molecular formula is C15H18N2O3. The Hall–Kier alpha value is -2.04. The predicted molar refractivity (Wildman–Crippen MR) is 74.4 cm³/mol. The van der Waals surface area contributed by atoms with Crippen LogP contribution in [0.4, 0.5) is 10.5 Å². The van der Waals surface area contributed by atoms with E-state index in [1.807, 2.05) is 24.3 Å². The second-order valence-corrected chi connectivity index (χ2v) is 5.44. The largest absolute Gasteiger partial charge is 0.450 e. The van der Waals surface area contributed by atoms with Gasteiger partial charge in [-0.3, -0.25) is 4.79 Å². The number of anilines is 1. The minimum absolute atomic E-state index is 0.0167. The number of benzene rings is 1. The topological polar surface area (TPSA) is 58.6 Å². The lowest BCUT2D eigenvalue weighted by Crippen LogP contribution is -2.44. The van der Waals surface area contributed by atoms with E-state index in [1.165, 1.54) is 0 Å². The van der Waals surface area contributed by atoms with Crippen molar-refractivity contribution in [3.05, 3.63) is 29.8 Å². The van der Waals surface area contributed by atoms with Gasteiger partial charge < -0.3 is 15.0 Å². The molecule has 1 N–H and O–H groups in total. The summed E-state index contributed by atoms with van der Waals surface area (Å²) in [6.07, 6.45) is 1.05. The fourth-order valence-corrected chi connectivity index (χ4v) is 3.07. The van der Waals surface area contributed by atoms with E-state index in [2.05, 4.69) is 5.32 Å². The van der Waals surface area contributed by atoms with Gasteiger partial charge in [-0.2, -0.15) is 0 Å². The number of hydrogen-bond acceptors (Lipinski definition) is 3. The van der Waals surface area contributed by atoms with E-state index in [-0.39, 0.29) is 12.0 Å². The first kappa shape index (κ1) is 13.0. The molecule has 1 saturated heterocycles. The zero-order valence-electron chi connectivity index (χ0n) is 11.5. The first-order chi connectivity index (χ1) is 9.64. The Morgan fingerprint density at radius 2 is 2.25 bits per heavy atom. The van der Waals surface area contributed by atoms with E-state index in [9.17, 15) is 9.59 Å². The van der Waals surface area contributed by atoms with Gasteiger partial charge in [0, 0.05) is 18.8 Å². The number of hydrogen-bond donors (Lipinski definition) is 1. The van der Waals surface area contributed by atoms with Crippen molar-refractivity contribution in [2.24, 2.45) is 5.41 Å². The summed E-state index contributed by atoms with van der Waals surface area (Å²) in [5.41, 5.74) is 1.52. The van der Waals surface area contributed by atoms with Crippen molar-refractivity contribution in [3.63, 3.8) is 0 Å². The molecule has 5 nitrogen and oxygen atoms in total. The Bertz CT molecular complexity index is 558. The maximum Gasteiger partial charge on any atom is 0.409 e. The van der Waals surface area contributed by atoms with Crippen LogP contribution in [-0.2, 0) is 16.0 Å². The molecule has 3 rings (SSSR count). The number of amides is 2. The van der Waals surface area contributed by atoms with Crippen LogP contribution in [0.2, 0.25) is 0 Å². The number of carbonyl (C=O) groups excluding carboxylic acids is 2. The minimum Gasteiger partial charge on any atom is -0.450 e. The van der Waals surface area contributed by atoms with E-state index in [0.29, 0.717) is 32.5 Å². The van der Waals surface area contributed by atoms with Crippen molar-refractivity contribution >= 4 is 17.7 Å². The van der Waals surface area contributed by atoms with E-state index in [4.69, 9.17) is 4.74 Å². The van der Waals surface area contributed by atoms with Gasteiger partial charge >= 0.3 is 6.09 Å². The maximum atomic E-state index is 12.4. The quantitative estimate of drug-likeness (QED) is 0.852. The molecule has 106 valence electrons. The monoisotopic (exact) mass is 274 g/mol. The highest BCUT2D eigenvalue weighted by Gasteiger charge is 2.48. The van der Waals surface area contributed by atoms with Gasteiger partial charge in [0.05, 0.1) is 12.0 Å². The van der Waals surface area contributed by atoms with Gasteiger partial charge in [-0.15, -0.1) is 0 Å². The lowest BCUT2D eigenvalue weighted by molar-refractivity contribution is -0.125. The summed E-state index contributed by atoms with van der Waals surface area (Å²) >= 11 is 0. The van der Waals surface area contributed by atoms with Crippen molar-refractivity contribution in [2.45, 2.75) is 19.8 Å². The fourth-order valence-electron chi connectivity index (χ4n) is 3.07. The Balaban J connectivity index is 1.81. The van der Waals surface area contributed by atoms with Gasteiger partial charge in [0.2, 0.25) is 5.91 Å². The molecule has 2 aliphatic rings. The number of carbonyl (C=O) groups is 2. The number of likely N-dealkylation sites (tertiary alicyclic amines) is 1. The van der Waals surface area contributed by atoms with Crippen LogP contribution in [0.1, 0.15) is 18.9 Å². The lowest BCUT2D eigenvalue weighted by atomic mass is 9.77. The third kappa shape index (κ3) is 2.03. The molecule has 1 aromatic carbocycles. The molecule has 2 heterocycles. The lowest BCUT2D eigenvalue weighted by Gasteiger charge is -2.33. The van der Waals surface area contributed by atoms with Crippen LogP contribution in [0.25, 0.3) is 0 Å². The predicted octanol–water partition coefficient (Wildman–Crippen LogP) is 2.03. The van der Waals surface area contributed by atoms with Crippen LogP contribution < -0.4 is 5.32 Å². The van der Waals surface area contributed by atoms with Crippen molar-refractivity contribution in [3.8, 4) is 0 Å². The number of nitrogens with one attached hydrogen (secondary N) is 1. The molecule has 1 spiro atoms. The zero-order valence-corrected chi connectivity index (χ0v) is 11.5. The Kier molecular flexibility index (Phi) is 3.12. The number of fused-ring (bicyclic) bond motifs is 1. The molecule has 20 heavy (non-hydrogen) atoms. The third-order valence-corrected chi connectivity index (χ3v) is 4.16. The molecule has 0 saturated carbocycles. The van der Waals surface area contributed by atoms with Crippen LogP contribution in [0.15, 0.2) is 24.3 Å². The number of nitrogens with zero attached hydrogens (tertiary/aromatic N) is 1. The minimum atomic E-state index is -0.499. The summed E-state index contributed by atoms with van der Waals surface area (Å²) in [5.74, 6) is 0.0167. The van der Waals surface area contributed by atoms with Crippen LogP contribution >= 0.6 is 0 Å². The van der Waals surface area contributed by atoms with Crippen molar-refractivity contribution in [2.75, 3.05) is 25.0 Å². The fraction of sp³-hybridized carbons (Fsp3) is 0.467. The molecule has 5 heteroatoms. The average molecular weight is 274 g/mol. The van der Waals surface area contributed by atoms with Crippen molar-refractivity contribution < 1.29 is 14.3 Å². The molecule has 2 amide bonds. The van der Waals surface area contributed by atoms with Crippen LogP contribution in [0.5, 0.6) is 0 Å². The standard InChI is InChI=1S/C15H18N2O3/c1-2-20-14(19)17-8-7-15(10-17)9-11-5-3-4-6-12(11)16-13(15)18/h3-6H,2,7-10H2,1H3,(H,16,18)/t15-/m0/s1. The molecule has 0 aliphatic carbocycles. The van der Waals surface area contributed by atoms with Gasteiger partial charge in [-0.1, -0.05) is 18.2 Å². The van der Waals surface area contributed by atoms with E-state index < -0.39 is 5.41 Å². The molecule has 2 aliphatic heterocycles. The second-order valence-electron chi connectivity index (χ2n) is 5.44. The van der Waals surface area contributed by atoms with Crippen molar-refractivity contribution in [1.82, 2.24) is 4.90 Å². The number of rotatable bonds is 1. The Morgan fingerprint density at radius 3 is 3.05 bits per heavy atom. The van der Waals surface area contributed by atoms with Crippen molar-refractivity contribution in [1.29, 1.82) is 0 Å². The summed E-state index contributed by atoms with van der Waals surface area (Å²) in [5, 5.41) is 2.97. The molecule has 0 unspecified atom stereocenters. The molecule has 0 radical (unpaired) electrons. The molecular weight excluding hydrogens is 256 g/mol. The SMILES string of the molecule is CCOC(=O)N1CC[C@]2(Cc3ccccc3NC2=O)C1. The van der Waals surface area contributed by atoms with E-state index in [0.717, 1.165) is 11.3 Å². The molecule has 1 fully saturated rings. The highest BCUT2D eigenvalue weighted by molar-refractivity contribution is 5.99. The molecule has 1 atom stereocenters. The summed E-state index contributed by atoms with van der Waals surface area (Å²) in [6, 6.07) is 7.83. The Morgan fingerprint density at radius 1 is 1.45 bits per heavy atom. The van der Waals surface area contributed by atoms with Crippen LogP contribution in [-0.4, -0.2) is 36.6 Å². The number of ether oxygens (including phenoxy) is 1. The van der Waals surface area contributed by atoms with E-state index >= 15 is 0 Å². The highest BCUT2D eigenvalue weighted by atomic mass is 16.6. The zero-order chi connectivity index (χ0) is 14.2. The van der Waals surface area contributed by atoms with Crippen LogP contribution in [0.3, 0.4) is 0 Å². The smallest absolute Gasteiger partial charge is 0.409 e. The summed E-state index contributed by atoms with van der Waals surface area (Å²) < 4.78 is 5.02. The van der Waals surface area contributed by atoms with Gasteiger partial charge in [0.15, 0.2) is 0 Å². The average Bonchev–Trinajstić information content (AvgIpc) is 2.86. The summed E-state index contributed by atoms with van der Waals surface area (Å²) in [6.45, 7) is 3.16. The normalized spacial score (nSPS) is 24.4. The maximum absolute atomic E-state index is 12.4. The van der Waals surface area contributed by atoms with Gasteiger partial charge in [-0.05, 0) is 31.4 Å². The van der Waals surface area contributed by atoms with Gasteiger partial charge in [0.1, 0.15) is 0 Å². The summed E-state index contributed by atoms with van der Waals surface area (Å²) in [4.78, 5) is 25.8. The Labute approximate surface area is 117 Å². The summed E-state index contributed by atoms with van der Waals surface area (Å²) in [7, 11) is 0. The molecule has 0 bridgehead atoms. The first-order valence-corrected chi connectivity index (χ1v) is 6.96. The van der Waals surface area contributed by atoms with Crippen LogP contribution in [0, 0.1) is 5.41 Å². The second kappa shape index (κ2) is 4.81. The molecule has 1 aromatic rings. The van der Waals surface area contributed by atoms with Gasteiger partial charge in [-0.25, -0.2) is 4.79 Å². The molecule has 0 aromatic heterocycles. The van der Waals surface area contributed by atoms with E-state index in [1.54, 1.807) is 11.8 Å². The third-order valence-electron chi connectivity index (χ3n) is 4.16. The van der Waals surface area contributed by atoms with Gasteiger partial charge in [0.25, 0.3) is 0 Å². The highest BCUT2D eigenvalue weighted by Crippen LogP contribution is 2.40. The first-order valence-electron chi connectivity index (χ1n) is 6.96.